The van der Waals surface area contributed by atoms with Crippen molar-refractivity contribution in [2.45, 2.75) is 50.6 Å². The summed E-state index contributed by atoms with van der Waals surface area (Å²) >= 11 is 0. The Labute approximate surface area is 165 Å². The SMILES string of the molecule is NCCCCC(NC(=O)C(N)CCCN=C(N)N)C(=O)NCCc1cnc[nH]1. The van der Waals surface area contributed by atoms with E-state index in [-0.39, 0.29) is 17.8 Å². The second-order valence-corrected chi connectivity index (χ2v) is 6.52. The molecule has 1 aromatic heterocycles. The first-order chi connectivity index (χ1) is 13.4. The largest absolute Gasteiger partial charge is 0.370 e. The van der Waals surface area contributed by atoms with Crippen LogP contribution in [0.15, 0.2) is 17.5 Å². The summed E-state index contributed by atoms with van der Waals surface area (Å²) in [6.07, 6.45) is 6.91. The summed E-state index contributed by atoms with van der Waals surface area (Å²) in [5.74, 6) is -0.603. The Bertz CT molecular complexity index is 600. The second kappa shape index (κ2) is 13.5. The number of rotatable bonds is 14. The number of guanidine groups is 1. The van der Waals surface area contributed by atoms with Gasteiger partial charge in [-0.1, -0.05) is 0 Å². The summed E-state index contributed by atoms with van der Waals surface area (Å²) in [4.78, 5) is 35.6. The van der Waals surface area contributed by atoms with Crippen LogP contribution in [0.5, 0.6) is 0 Å². The molecule has 2 amide bonds. The fourth-order valence-corrected chi connectivity index (χ4v) is 2.56. The average molecular weight is 396 g/mol. The summed E-state index contributed by atoms with van der Waals surface area (Å²) in [5, 5.41) is 5.58. The van der Waals surface area contributed by atoms with Gasteiger partial charge >= 0.3 is 0 Å². The van der Waals surface area contributed by atoms with Crippen LogP contribution in [0.3, 0.4) is 0 Å². The van der Waals surface area contributed by atoms with Crippen molar-refractivity contribution in [3.8, 4) is 0 Å². The molecule has 158 valence electrons. The third-order valence-corrected chi connectivity index (χ3v) is 4.13. The van der Waals surface area contributed by atoms with Gasteiger partial charge < -0.3 is 38.6 Å². The molecule has 0 radical (unpaired) electrons. The summed E-state index contributed by atoms with van der Waals surface area (Å²) in [6, 6.07) is -1.38. The Morgan fingerprint density at radius 3 is 2.61 bits per heavy atom. The van der Waals surface area contributed by atoms with Gasteiger partial charge in [-0.3, -0.25) is 14.6 Å². The quantitative estimate of drug-likeness (QED) is 0.108. The van der Waals surface area contributed by atoms with Gasteiger partial charge in [-0.15, -0.1) is 0 Å². The van der Waals surface area contributed by atoms with E-state index in [1.807, 2.05) is 0 Å². The molecule has 0 aliphatic heterocycles. The maximum atomic E-state index is 12.5. The van der Waals surface area contributed by atoms with Crippen LogP contribution in [0.4, 0.5) is 0 Å². The first-order valence-electron chi connectivity index (χ1n) is 9.50. The highest BCUT2D eigenvalue weighted by Gasteiger charge is 2.23. The Balaban J connectivity index is 2.47. The number of nitrogens with zero attached hydrogens (tertiary/aromatic N) is 2. The molecule has 0 bridgehead atoms. The number of aromatic nitrogens is 2. The van der Waals surface area contributed by atoms with E-state index < -0.39 is 12.1 Å². The minimum absolute atomic E-state index is 0.00444. The molecule has 11 nitrogen and oxygen atoms in total. The van der Waals surface area contributed by atoms with Crippen molar-refractivity contribution >= 4 is 17.8 Å². The van der Waals surface area contributed by atoms with Gasteiger partial charge in [0.25, 0.3) is 0 Å². The van der Waals surface area contributed by atoms with Crippen molar-refractivity contribution in [3.63, 3.8) is 0 Å². The number of nitrogens with two attached hydrogens (primary N) is 4. The summed E-state index contributed by atoms with van der Waals surface area (Å²) in [6.45, 7) is 1.37. The average Bonchev–Trinajstić information content (AvgIpc) is 3.17. The van der Waals surface area contributed by atoms with Gasteiger partial charge in [0.05, 0.1) is 12.4 Å². The van der Waals surface area contributed by atoms with E-state index in [9.17, 15) is 9.59 Å². The van der Waals surface area contributed by atoms with E-state index in [4.69, 9.17) is 22.9 Å². The summed E-state index contributed by atoms with van der Waals surface area (Å²) in [5.41, 5.74) is 22.9. The van der Waals surface area contributed by atoms with Crippen molar-refractivity contribution < 1.29 is 9.59 Å². The normalized spacial score (nSPS) is 12.8. The van der Waals surface area contributed by atoms with Gasteiger partial charge in [0.15, 0.2) is 5.96 Å². The van der Waals surface area contributed by atoms with Crippen LogP contribution in [0, 0.1) is 0 Å². The number of carbonyl (C=O) groups is 2. The third-order valence-electron chi connectivity index (χ3n) is 4.13. The van der Waals surface area contributed by atoms with Crippen LogP contribution in [-0.4, -0.2) is 59.5 Å². The minimum atomic E-state index is -0.732. The Morgan fingerprint density at radius 2 is 1.96 bits per heavy atom. The molecule has 0 aliphatic rings. The lowest BCUT2D eigenvalue weighted by atomic mass is 10.1. The number of carbonyl (C=O) groups excluding carboxylic acids is 2. The molecule has 0 spiro atoms. The van der Waals surface area contributed by atoms with Gasteiger partial charge in [-0.2, -0.15) is 0 Å². The maximum absolute atomic E-state index is 12.5. The second-order valence-electron chi connectivity index (χ2n) is 6.52. The predicted octanol–water partition coefficient (Wildman–Crippen LogP) is -1.94. The smallest absolute Gasteiger partial charge is 0.242 e. The van der Waals surface area contributed by atoms with Gasteiger partial charge in [0.1, 0.15) is 6.04 Å². The molecule has 2 atom stereocenters. The number of aromatic amines is 1. The fraction of sp³-hybridized carbons (Fsp3) is 0.647. The molecular weight excluding hydrogens is 362 g/mol. The highest BCUT2D eigenvalue weighted by Crippen LogP contribution is 2.03. The number of H-pyrrole nitrogens is 1. The summed E-state index contributed by atoms with van der Waals surface area (Å²) < 4.78 is 0. The molecule has 11 N–H and O–H groups in total. The van der Waals surface area contributed by atoms with Crippen molar-refractivity contribution in [1.82, 2.24) is 20.6 Å². The molecular formula is C17H33N9O2. The van der Waals surface area contributed by atoms with Gasteiger partial charge in [-0.05, 0) is 38.6 Å². The van der Waals surface area contributed by atoms with Gasteiger partial charge in [0.2, 0.25) is 11.8 Å². The van der Waals surface area contributed by atoms with Crippen molar-refractivity contribution in [2.75, 3.05) is 19.6 Å². The van der Waals surface area contributed by atoms with Gasteiger partial charge in [-0.25, -0.2) is 4.98 Å². The molecule has 1 aromatic rings. The van der Waals surface area contributed by atoms with Crippen LogP contribution in [0.1, 0.15) is 37.8 Å². The van der Waals surface area contributed by atoms with E-state index in [2.05, 4.69) is 25.6 Å². The first kappa shape index (κ1) is 23.4. The van der Waals surface area contributed by atoms with Crippen molar-refractivity contribution in [3.05, 3.63) is 18.2 Å². The molecule has 0 fully saturated rings. The Hall–Kier alpha value is -2.66. The van der Waals surface area contributed by atoms with Crippen molar-refractivity contribution in [2.24, 2.45) is 27.9 Å². The van der Waals surface area contributed by atoms with Crippen molar-refractivity contribution in [1.29, 1.82) is 0 Å². The lowest BCUT2D eigenvalue weighted by Gasteiger charge is -2.20. The van der Waals surface area contributed by atoms with E-state index in [1.165, 1.54) is 0 Å². The monoisotopic (exact) mass is 395 g/mol. The summed E-state index contributed by atoms with van der Waals surface area (Å²) in [7, 11) is 0. The number of hydrogen-bond donors (Lipinski definition) is 7. The minimum Gasteiger partial charge on any atom is -0.370 e. The molecule has 11 heteroatoms. The number of amides is 2. The van der Waals surface area contributed by atoms with Crippen LogP contribution in [-0.2, 0) is 16.0 Å². The Morgan fingerprint density at radius 1 is 1.18 bits per heavy atom. The topological polar surface area (TPSA) is 203 Å². The fourth-order valence-electron chi connectivity index (χ4n) is 2.56. The zero-order valence-corrected chi connectivity index (χ0v) is 16.2. The molecule has 0 aromatic carbocycles. The standard InChI is InChI=1S/C17H33N9O2/c18-7-2-1-5-14(16(28)23-9-6-12-10-22-11-25-12)26-15(27)13(19)4-3-8-24-17(20)21/h10-11,13-14H,1-9,18-19H2,(H,22,25)(H,23,28)(H,26,27)(H4,20,21,24). The molecule has 2 unspecified atom stereocenters. The van der Waals surface area contributed by atoms with E-state index in [0.717, 1.165) is 18.5 Å². The first-order valence-corrected chi connectivity index (χ1v) is 9.50. The highest BCUT2D eigenvalue weighted by molar-refractivity contribution is 5.89. The van der Waals surface area contributed by atoms with Crippen LogP contribution in [0.2, 0.25) is 0 Å². The maximum Gasteiger partial charge on any atom is 0.242 e. The molecule has 0 saturated heterocycles. The predicted molar refractivity (Wildman–Crippen MR) is 108 cm³/mol. The van der Waals surface area contributed by atoms with E-state index in [0.29, 0.717) is 45.3 Å². The molecule has 0 saturated carbocycles. The van der Waals surface area contributed by atoms with Crippen LogP contribution < -0.4 is 33.6 Å². The molecule has 0 aliphatic carbocycles. The number of nitrogens with one attached hydrogen (secondary N) is 3. The van der Waals surface area contributed by atoms with E-state index in [1.54, 1.807) is 12.5 Å². The number of hydrogen-bond acceptors (Lipinski definition) is 6. The molecule has 1 heterocycles. The third kappa shape index (κ3) is 9.88. The van der Waals surface area contributed by atoms with Crippen LogP contribution >= 0.6 is 0 Å². The molecule has 28 heavy (non-hydrogen) atoms. The lowest BCUT2D eigenvalue weighted by Crippen LogP contribution is -2.51. The number of imidazole rings is 1. The Kier molecular flexibility index (Phi) is 11.3. The number of unbranched alkanes of at least 4 members (excludes halogenated alkanes) is 1. The van der Waals surface area contributed by atoms with Crippen LogP contribution in [0.25, 0.3) is 0 Å². The highest BCUT2D eigenvalue weighted by atomic mass is 16.2. The zero-order chi connectivity index (χ0) is 20.8. The molecule has 1 rings (SSSR count). The van der Waals surface area contributed by atoms with E-state index >= 15 is 0 Å². The van der Waals surface area contributed by atoms with Gasteiger partial charge in [0, 0.05) is 31.4 Å². The lowest BCUT2D eigenvalue weighted by molar-refractivity contribution is -0.129. The zero-order valence-electron chi connectivity index (χ0n) is 16.2. The number of aliphatic imine (C=N–C) groups is 1.